The Balaban J connectivity index is 1.46. The third-order valence-corrected chi connectivity index (χ3v) is 5.11. The summed E-state index contributed by atoms with van der Waals surface area (Å²) in [6.07, 6.45) is 9.10. The van der Waals surface area contributed by atoms with Crippen LogP contribution in [0.25, 0.3) is 10.2 Å². The van der Waals surface area contributed by atoms with Crippen LogP contribution in [0.5, 0.6) is 5.75 Å². The zero-order valence-electron chi connectivity index (χ0n) is 16.2. The first-order valence-corrected chi connectivity index (χ1v) is 10.6. The van der Waals surface area contributed by atoms with Crippen molar-refractivity contribution < 1.29 is 9.53 Å². The molecule has 0 bridgehead atoms. The Kier molecular flexibility index (Phi) is 7.62. The summed E-state index contributed by atoms with van der Waals surface area (Å²) >= 11 is 1.57. The third-order valence-electron chi connectivity index (χ3n) is 4.31. The van der Waals surface area contributed by atoms with Crippen molar-refractivity contribution in [3.8, 4) is 5.75 Å². The molecule has 0 saturated heterocycles. The molecule has 0 aliphatic carbocycles. The summed E-state index contributed by atoms with van der Waals surface area (Å²) in [5, 5.41) is 2.96. The number of carbonyl (C=O) groups excluding carboxylic acids is 1. The molecule has 0 atom stereocenters. The first-order chi connectivity index (χ1) is 13.7. The van der Waals surface area contributed by atoms with Crippen molar-refractivity contribution in [3.63, 3.8) is 0 Å². The lowest BCUT2D eigenvalue weighted by Crippen LogP contribution is -2.14. The number of unbranched alkanes of at least 4 members (excludes halogenated alkanes) is 2. The molecule has 5 heteroatoms. The normalized spacial score (nSPS) is 11.2. The molecule has 0 aliphatic heterocycles. The number of hydrogen-bond acceptors (Lipinski definition) is 4. The van der Waals surface area contributed by atoms with Gasteiger partial charge in [-0.3, -0.25) is 4.79 Å². The van der Waals surface area contributed by atoms with Crippen LogP contribution in [-0.2, 0) is 11.2 Å². The molecule has 1 N–H and O–H groups in total. The van der Waals surface area contributed by atoms with Crippen LogP contribution < -0.4 is 10.1 Å². The van der Waals surface area contributed by atoms with E-state index in [0.29, 0.717) is 13.0 Å². The predicted molar refractivity (Wildman–Crippen MR) is 117 cm³/mol. The standard InChI is InChI=1S/C23H26N2O2S/c1-2-3-4-5-6-7-13-27-20-10-8-9-18(14-20)15-23(26)25-19-11-12-21-22(16-19)28-17-24-21/h3-4,8-12,14,16-17H,2,5-7,13,15H2,1H3,(H,25,26)/b4-3+. The highest BCUT2D eigenvalue weighted by atomic mass is 32.1. The molecule has 0 fully saturated rings. The maximum absolute atomic E-state index is 12.4. The van der Waals surface area contributed by atoms with Crippen LogP contribution in [0.15, 0.2) is 60.1 Å². The molecule has 0 aliphatic rings. The molecule has 4 nitrogen and oxygen atoms in total. The predicted octanol–water partition coefficient (Wildman–Crippen LogP) is 5.99. The molecule has 28 heavy (non-hydrogen) atoms. The van der Waals surface area contributed by atoms with E-state index in [1.807, 2.05) is 48.0 Å². The Morgan fingerprint density at radius 2 is 2.11 bits per heavy atom. The Labute approximate surface area is 170 Å². The molecule has 1 amide bonds. The van der Waals surface area contributed by atoms with E-state index in [1.54, 1.807) is 11.3 Å². The molecule has 3 aromatic rings. The second-order valence-electron chi connectivity index (χ2n) is 6.63. The molecule has 146 valence electrons. The second-order valence-corrected chi connectivity index (χ2v) is 7.52. The Hall–Kier alpha value is -2.66. The number of fused-ring (bicyclic) bond motifs is 1. The first kappa shape index (κ1) is 20.1. The number of benzene rings is 2. The second kappa shape index (κ2) is 10.6. The highest BCUT2D eigenvalue weighted by Gasteiger charge is 2.07. The van der Waals surface area contributed by atoms with Crippen molar-refractivity contribution in [2.75, 3.05) is 11.9 Å². The Morgan fingerprint density at radius 1 is 1.18 bits per heavy atom. The van der Waals surface area contributed by atoms with Gasteiger partial charge in [-0.25, -0.2) is 4.98 Å². The molecule has 0 saturated carbocycles. The molecule has 2 aromatic carbocycles. The number of rotatable bonds is 10. The number of anilines is 1. The van der Waals surface area contributed by atoms with Crippen molar-refractivity contribution >= 4 is 33.1 Å². The number of nitrogens with one attached hydrogen (secondary N) is 1. The lowest BCUT2D eigenvalue weighted by Gasteiger charge is -2.09. The molecular formula is C23H26N2O2S. The van der Waals surface area contributed by atoms with Crippen LogP contribution in [0, 0.1) is 0 Å². The van der Waals surface area contributed by atoms with Gasteiger partial charge in [0.2, 0.25) is 5.91 Å². The van der Waals surface area contributed by atoms with Gasteiger partial charge in [0.05, 0.1) is 28.8 Å². The maximum atomic E-state index is 12.4. The van der Waals surface area contributed by atoms with Crippen molar-refractivity contribution in [3.05, 3.63) is 65.7 Å². The number of amides is 1. The summed E-state index contributed by atoms with van der Waals surface area (Å²) in [6, 6.07) is 13.5. The lowest BCUT2D eigenvalue weighted by molar-refractivity contribution is -0.115. The summed E-state index contributed by atoms with van der Waals surface area (Å²) in [4.78, 5) is 16.6. The molecule has 1 aromatic heterocycles. The zero-order chi connectivity index (χ0) is 19.6. The summed E-state index contributed by atoms with van der Waals surface area (Å²) in [7, 11) is 0. The van der Waals surface area contributed by atoms with E-state index < -0.39 is 0 Å². The average Bonchev–Trinajstić information content (AvgIpc) is 3.15. The van der Waals surface area contributed by atoms with Gasteiger partial charge in [-0.2, -0.15) is 0 Å². The van der Waals surface area contributed by atoms with Gasteiger partial charge in [-0.05, 0) is 61.6 Å². The lowest BCUT2D eigenvalue weighted by atomic mass is 10.1. The summed E-state index contributed by atoms with van der Waals surface area (Å²) in [6.45, 7) is 2.84. The van der Waals surface area contributed by atoms with Gasteiger partial charge in [0, 0.05) is 5.69 Å². The molecular weight excluding hydrogens is 368 g/mol. The van der Waals surface area contributed by atoms with Crippen molar-refractivity contribution in [2.45, 2.75) is 39.0 Å². The van der Waals surface area contributed by atoms with E-state index in [-0.39, 0.29) is 5.91 Å². The van der Waals surface area contributed by atoms with Gasteiger partial charge in [0.25, 0.3) is 0 Å². The topological polar surface area (TPSA) is 51.2 Å². The van der Waals surface area contributed by atoms with E-state index in [2.05, 4.69) is 29.4 Å². The highest BCUT2D eigenvalue weighted by molar-refractivity contribution is 7.16. The number of hydrogen-bond donors (Lipinski definition) is 1. The number of aromatic nitrogens is 1. The van der Waals surface area contributed by atoms with Crippen molar-refractivity contribution in [1.29, 1.82) is 0 Å². The molecule has 0 radical (unpaired) electrons. The van der Waals surface area contributed by atoms with Crippen LogP contribution in [0.3, 0.4) is 0 Å². The number of allylic oxidation sites excluding steroid dienone is 2. The molecule has 3 rings (SSSR count). The van der Waals surface area contributed by atoms with Crippen molar-refractivity contribution in [1.82, 2.24) is 4.98 Å². The third kappa shape index (κ3) is 6.20. The monoisotopic (exact) mass is 394 g/mol. The van der Waals surface area contributed by atoms with Gasteiger partial charge in [0.1, 0.15) is 5.75 Å². The number of ether oxygens (including phenoxy) is 1. The summed E-state index contributed by atoms with van der Waals surface area (Å²) < 4.78 is 6.90. The Morgan fingerprint density at radius 3 is 3.00 bits per heavy atom. The number of nitrogens with zero attached hydrogens (tertiary/aromatic N) is 1. The average molecular weight is 395 g/mol. The number of thiazole rings is 1. The van der Waals surface area contributed by atoms with Gasteiger partial charge >= 0.3 is 0 Å². The van der Waals surface area contributed by atoms with Gasteiger partial charge < -0.3 is 10.1 Å². The van der Waals surface area contributed by atoms with E-state index in [9.17, 15) is 4.79 Å². The van der Waals surface area contributed by atoms with E-state index in [1.165, 1.54) is 0 Å². The minimum absolute atomic E-state index is 0.0382. The van der Waals surface area contributed by atoms with Crippen LogP contribution in [0.1, 0.15) is 38.2 Å². The zero-order valence-corrected chi connectivity index (χ0v) is 17.0. The van der Waals surface area contributed by atoms with Crippen molar-refractivity contribution in [2.24, 2.45) is 0 Å². The van der Waals surface area contributed by atoms with Crippen LogP contribution in [0.2, 0.25) is 0 Å². The Bertz CT molecular complexity index is 933. The summed E-state index contributed by atoms with van der Waals surface area (Å²) in [5.74, 6) is 0.782. The van der Waals surface area contributed by atoms with Gasteiger partial charge in [-0.1, -0.05) is 31.2 Å². The number of carbonyl (C=O) groups is 1. The molecule has 0 unspecified atom stereocenters. The molecule has 1 heterocycles. The minimum atomic E-state index is -0.0382. The SMILES string of the molecule is CC/C=C/CCCCOc1cccc(CC(=O)Nc2ccc3ncsc3c2)c1. The van der Waals surface area contributed by atoms with Crippen LogP contribution in [0.4, 0.5) is 5.69 Å². The van der Waals surface area contributed by atoms with E-state index in [0.717, 1.165) is 52.9 Å². The summed E-state index contributed by atoms with van der Waals surface area (Å²) in [5.41, 5.74) is 4.50. The smallest absolute Gasteiger partial charge is 0.228 e. The fraction of sp³-hybridized carbons (Fsp3) is 0.304. The van der Waals surface area contributed by atoms with E-state index >= 15 is 0 Å². The maximum Gasteiger partial charge on any atom is 0.228 e. The largest absolute Gasteiger partial charge is 0.494 e. The fourth-order valence-electron chi connectivity index (χ4n) is 2.91. The molecule has 0 spiro atoms. The minimum Gasteiger partial charge on any atom is -0.494 e. The quantitative estimate of drug-likeness (QED) is 0.339. The fourth-order valence-corrected chi connectivity index (χ4v) is 3.62. The van der Waals surface area contributed by atoms with Gasteiger partial charge in [-0.15, -0.1) is 11.3 Å². The van der Waals surface area contributed by atoms with Gasteiger partial charge in [0.15, 0.2) is 0 Å². The first-order valence-electron chi connectivity index (χ1n) is 9.74. The van der Waals surface area contributed by atoms with Crippen LogP contribution in [-0.4, -0.2) is 17.5 Å². The van der Waals surface area contributed by atoms with E-state index in [4.69, 9.17) is 4.74 Å². The van der Waals surface area contributed by atoms with Crippen LogP contribution >= 0.6 is 11.3 Å². The highest BCUT2D eigenvalue weighted by Crippen LogP contribution is 2.22.